The van der Waals surface area contributed by atoms with Crippen molar-refractivity contribution in [3.8, 4) is 0 Å². The second-order valence-electron chi connectivity index (χ2n) is 5.88. The van der Waals surface area contributed by atoms with Crippen LogP contribution in [0.25, 0.3) is 0 Å². The Labute approximate surface area is 156 Å². The van der Waals surface area contributed by atoms with E-state index in [1.54, 1.807) is 4.90 Å². The van der Waals surface area contributed by atoms with Crippen molar-refractivity contribution in [3.05, 3.63) is 82.9 Å². The Morgan fingerprint density at radius 2 is 1.50 bits per heavy atom. The maximum Gasteiger partial charge on any atom is 0.315 e. The molecule has 132 valence electrons. The summed E-state index contributed by atoms with van der Waals surface area (Å²) in [4.78, 5) is 30.9. The van der Waals surface area contributed by atoms with E-state index in [-0.39, 0.29) is 0 Å². The Balaban J connectivity index is 1.76. The van der Waals surface area contributed by atoms with Crippen molar-refractivity contribution in [2.75, 3.05) is 5.32 Å². The number of hydrogen-bond donors (Lipinski definition) is 1. The van der Waals surface area contributed by atoms with Crippen molar-refractivity contribution in [1.29, 1.82) is 0 Å². The van der Waals surface area contributed by atoms with Gasteiger partial charge in [-0.2, -0.15) is 0 Å². The van der Waals surface area contributed by atoms with E-state index in [9.17, 15) is 9.59 Å². The van der Waals surface area contributed by atoms with Gasteiger partial charge in [0.1, 0.15) is 0 Å². The molecule has 3 aromatic rings. The van der Waals surface area contributed by atoms with Crippen LogP contribution in [0.3, 0.4) is 0 Å². The Bertz CT molecular complexity index is 837. The monoisotopic (exact) mass is 365 g/mol. The number of carbonyl (C=O) groups excluding carboxylic acids is 2. The molecule has 0 aliphatic heterocycles. The lowest BCUT2D eigenvalue weighted by atomic mass is 10.1. The summed E-state index contributed by atoms with van der Waals surface area (Å²) in [5, 5.41) is 4.85. The van der Waals surface area contributed by atoms with E-state index in [1.807, 2.05) is 73.0 Å². The van der Waals surface area contributed by atoms with Gasteiger partial charge in [0.05, 0.1) is 5.69 Å². The van der Waals surface area contributed by atoms with Crippen molar-refractivity contribution >= 4 is 28.3 Å². The lowest BCUT2D eigenvalue weighted by molar-refractivity contribution is -0.144. The third-order valence-corrected chi connectivity index (χ3v) is 4.63. The van der Waals surface area contributed by atoms with Crippen LogP contribution in [0, 0.1) is 6.92 Å². The minimum absolute atomic E-state index is 0.360. The molecule has 0 fully saturated rings. The number of thiazole rings is 1. The number of benzene rings is 2. The number of nitrogens with one attached hydrogen (secondary N) is 1. The number of carbonyl (C=O) groups is 2. The zero-order valence-corrected chi connectivity index (χ0v) is 15.2. The quantitative estimate of drug-likeness (QED) is 0.703. The van der Waals surface area contributed by atoms with Crippen LogP contribution in [0.5, 0.6) is 0 Å². The van der Waals surface area contributed by atoms with Crippen molar-refractivity contribution in [3.63, 3.8) is 0 Å². The first-order valence-corrected chi connectivity index (χ1v) is 9.10. The predicted octanol–water partition coefficient (Wildman–Crippen LogP) is 3.62. The Hall–Kier alpha value is -2.99. The normalized spacial score (nSPS) is 10.3. The van der Waals surface area contributed by atoms with Gasteiger partial charge in [-0.3, -0.25) is 14.9 Å². The fraction of sp³-hybridized carbons (Fsp3) is 0.150. The lowest BCUT2D eigenvalue weighted by Gasteiger charge is -2.22. The number of aryl methyl sites for hydroxylation is 1. The molecule has 1 N–H and O–H groups in total. The van der Waals surface area contributed by atoms with Crippen molar-refractivity contribution < 1.29 is 9.59 Å². The van der Waals surface area contributed by atoms with E-state index in [1.165, 1.54) is 11.3 Å². The highest BCUT2D eigenvalue weighted by molar-refractivity contribution is 7.14. The second-order valence-corrected chi connectivity index (χ2v) is 6.74. The van der Waals surface area contributed by atoms with Crippen molar-refractivity contribution in [1.82, 2.24) is 9.88 Å². The number of aromatic nitrogens is 1. The lowest BCUT2D eigenvalue weighted by Crippen LogP contribution is -2.38. The van der Waals surface area contributed by atoms with E-state index in [2.05, 4.69) is 10.3 Å². The number of hydrogen-bond acceptors (Lipinski definition) is 4. The standard InChI is InChI=1S/C20H19N3O2S/c1-15-14-26-20(21-15)22-18(24)19(25)23(12-16-8-4-2-5-9-16)13-17-10-6-3-7-11-17/h2-11,14H,12-13H2,1H3,(H,21,22,24). The molecule has 6 heteroatoms. The van der Waals surface area contributed by atoms with Gasteiger partial charge in [-0.1, -0.05) is 60.7 Å². The molecule has 3 rings (SSSR count). The molecule has 0 bridgehead atoms. The largest absolute Gasteiger partial charge is 0.326 e. The average Bonchev–Trinajstić information content (AvgIpc) is 3.07. The fourth-order valence-corrected chi connectivity index (χ4v) is 3.20. The average molecular weight is 365 g/mol. The molecule has 26 heavy (non-hydrogen) atoms. The first-order valence-electron chi connectivity index (χ1n) is 8.22. The van der Waals surface area contributed by atoms with Gasteiger partial charge in [0.2, 0.25) is 0 Å². The minimum atomic E-state index is -0.675. The van der Waals surface area contributed by atoms with Gasteiger partial charge >= 0.3 is 11.8 Å². The maximum absolute atomic E-state index is 12.8. The molecule has 0 atom stereocenters. The summed E-state index contributed by atoms with van der Waals surface area (Å²) in [5.41, 5.74) is 2.74. The Kier molecular flexibility index (Phi) is 5.76. The van der Waals surface area contributed by atoms with E-state index in [0.717, 1.165) is 16.8 Å². The summed E-state index contributed by atoms with van der Waals surface area (Å²) < 4.78 is 0. The van der Waals surface area contributed by atoms with Crippen LogP contribution in [0.4, 0.5) is 5.13 Å². The topological polar surface area (TPSA) is 62.3 Å². The highest BCUT2D eigenvalue weighted by Gasteiger charge is 2.23. The van der Waals surface area contributed by atoms with Gasteiger partial charge in [-0.25, -0.2) is 4.98 Å². The SMILES string of the molecule is Cc1csc(NC(=O)C(=O)N(Cc2ccccc2)Cc2ccccc2)n1. The van der Waals surface area contributed by atoms with Crippen LogP contribution in [0.2, 0.25) is 0 Å². The van der Waals surface area contributed by atoms with Gasteiger partial charge in [0, 0.05) is 18.5 Å². The molecule has 5 nitrogen and oxygen atoms in total. The second kappa shape index (κ2) is 8.40. The molecule has 1 heterocycles. The molecule has 0 unspecified atom stereocenters. The Morgan fingerprint density at radius 3 is 1.96 bits per heavy atom. The van der Waals surface area contributed by atoms with E-state index >= 15 is 0 Å². The number of amides is 2. The van der Waals surface area contributed by atoms with Crippen molar-refractivity contribution in [2.45, 2.75) is 20.0 Å². The highest BCUT2D eigenvalue weighted by Crippen LogP contribution is 2.15. The van der Waals surface area contributed by atoms with Crippen LogP contribution in [0.1, 0.15) is 16.8 Å². The maximum atomic E-state index is 12.8. The zero-order valence-electron chi connectivity index (χ0n) is 14.4. The summed E-state index contributed by atoms with van der Waals surface area (Å²) in [6.45, 7) is 2.56. The molecular formula is C20H19N3O2S. The smallest absolute Gasteiger partial charge is 0.315 e. The summed E-state index contributed by atoms with van der Waals surface area (Å²) in [6.07, 6.45) is 0. The van der Waals surface area contributed by atoms with E-state index in [4.69, 9.17) is 0 Å². The van der Waals surface area contributed by atoms with Crippen LogP contribution in [0.15, 0.2) is 66.0 Å². The van der Waals surface area contributed by atoms with Gasteiger partial charge in [-0.05, 0) is 18.1 Å². The van der Waals surface area contributed by atoms with Crippen LogP contribution in [-0.2, 0) is 22.7 Å². The molecule has 0 spiro atoms. The molecule has 0 aliphatic carbocycles. The molecule has 0 saturated carbocycles. The highest BCUT2D eigenvalue weighted by atomic mass is 32.1. The summed E-state index contributed by atoms with van der Waals surface area (Å²) in [5.74, 6) is -1.25. The molecular weight excluding hydrogens is 346 g/mol. The summed E-state index contributed by atoms with van der Waals surface area (Å²) >= 11 is 1.30. The van der Waals surface area contributed by atoms with Crippen molar-refractivity contribution in [2.24, 2.45) is 0 Å². The minimum Gasteiger partial charge on any atom is -0.326 e. The third kappa shape index (κ3) is 4.77. The summed E-state index contributed by atoms with van der Waals surface area (Å²) in [7, 11) is 0. The van der Waals surface area contributed by atoms with Gasteiger partial charge < -0.3 is 4.90 Å². The first-order chi connectivity index (χ1) is 12.6. The van der Waals surface area contributed by atoms with Gasteiger partial charge in [0.25, 0.3) is 0 Å². The molecule has 2 aromatic carbocycles. The van der Waals surface area contributed by atoms with Crippen LogP contribution >= 0.6 is 11.3 Å². The number of nitrogens with zero attached hydrogens (tertiary/aromatic N) is 2. The van der Waals surface area contributed by atoms with E-state index in [0.29, 0.717) is 18.2 Å². The first kappa shape index (κ1) is 17.8. The van der Waals surface area contributed by atoms with Crippen LogP contribution < -0.4 is 5.32 Å². The van der Waals surface area contributed by atoms with Gasteiger partial charge in [-0.15, -0.1) is 11.3 Å². The van der Waals surface area contributed by atoms with Gasteiger partial charge in [0.15, 0.2) is 5.13 Å². The number of anilines is 1. The zero-order chi connectivity index (χ0) is 18.4. The Morgan fingerprint density at radius 1 is 0.962 bits per heavy atom. The molecule has 0 radical (unpaired) electrons. The van der Waals surface area contributed by atoms with E-state index < -0.39 is 11.8 Å². The molecule has 1 aromatic heterocycles. The molecule has 2 amide bonds. The predicted molar refractivity (Wildman–Crippen MR) is 103 cm³/mol. The molecule has 0 saturated heterocycles. The third-order valence-electron chi connectivity index (χ3n) is 3.75. The summed E-state index contributed by atoms with van der Waals surface area (Å²) in [6, 6.07) is 19.3. The van der Waals surface area contributed by atoms with Crippen LogP contribution in [-0.4, -0.2) is 21.7 Å². The molecule has 0 aliphatic rings. The number of rotatable bonds is 5. The fourth-order valence-electron chi connectivity index (χ4n) is 2.51.